The van der Waals surface area contributed by atoms with Crippen LogP contribution in [0, 0.1) is 5.92 Å². The van der Waals surface area contributed by atoms with Crippen molar-refractivity contribution in [3.63, 3.8) is 0 Å². The van der Waals surface area contributed by atoms with Crippen LogP contribution in [0.4, 0.5) is 5.69 Å². The number of anilines is 1. The number of fused-ring (bicyclic) bond motifs is 3. The molecule has 2 aromatic carbocycles. The Morgan fingerprint density at radius 2 is 1.71 bits per heavy atom. The van der Waals surface area contributed by atoms with Crippen LogP contribution in [0.25, 0.3) is 11.1 Å². The minimum absolute atomic E-state index is 0.0932. The van der Waals surface area contributed by atoms with E-state index >= 15 is 0 Å². The number of aryl methyl sites for hydroxylation is 1. The smallest absolute Gasteiger partial charge is 0.242 e. The third kappa shape index (κ3) is 7.73. The lowest BCUT2D eigenvalue weighted by molar-refractivity contribution is -0.122. The van der Waals surface area contributed by atoms with Crippen LogP contribution in [0.5, 0.6) is 17.2 Å². The predicted molar refractivity (Wildman–Crippen MR) is 164 cm³/mol. The lowest BCUT2D eigenvalue weighted by Gasteiger charge is -2.22. The summed E-state index contributed by atoms with van der Waals surface area (Å²) >= 11 is 0. The number of methoxy groups -OCH3 is 3. The topological polar surface area (TPSA) is 124 Å². The maximum Gasteiger partial charge on any atom is 0.242 e. The quantitative estimate of drug-likeness (QED) is 0.299. The van der Waals surface area contributed by atoms with Crippen LogP contribution < -0.4 is 35.6 Å². The average Bonchev–Trinajstić information content (AvgIpc) is 3.18. The minimum Gasteiger partial charge on any atom is -0.493 e. The van der Waals surface area contributed by atoms with Crippen molar-refractivity contribution >= 4 is 17.5 Å². The van der Waals surface area contributed by atoms with Gasteiger partial charge in [0.2, 0.25) is 23.0 Å². The van der Waals surface area contributed by atoms with E-state index in [4.69, 9.17) is 18.9 Å². The molecule has 1 aliphatic carbocycles. The fourth-order valence-corrected chi connectivity index (χ4v) is 5.24. The predicted octanol–water partition coefficient (Wildman–Crippen LogP) is 4.23. The molecule has 0 saturated carbocycles. The van der Waals surface area contributed by atoms with Crippen molar-refractivity contribution in [3.8, 4) is 28.4 Å². The van der Waals surface area contributed by atoms with E-state index in [0.29, 0.717) is 55.2 Å². The molecule has 3 N–H and O–H groups in total. The number of amides is 2. The number of hydrogen-bond donors (Lipinski definition) is 3. The van der Waals surface area contributed by atoms with Crippen molar-refractivity contribution < 1.29 is 28.5 Å². The molecular weight excluding hydrogens is 538 g/mol. The summed E-state index contributed by atoms with van der Waals surface area (Å²) in [6.45, 7) is 10.3. The van der Waals surface area contributed by atoms with Crippen LogP contribution in [-0.2, 0) is 20.7 Å². The molecule has 0 aliphatic heterocycles. The Morgan fingerprint density at radius 1 is 1.00 bits per heavy atom. The molecule has 42 heavy (non-hydrogen) atoms. The molecule has 0 bridgehead atoms. The van der Waals surface area contributed by atoms with Crippen molar-refractivity contribution in [2.24, 2.45) is 5.92 Å². The molecule has 0 spiro atoms. The van der Waals surface area contributed by atoms with Crippen LogP contribution in [0.15, 0.2) is 29.1 Å². The van der Waals surface area contributed by atoms with E-state index in [9.17, 15) is 14.4 Å². The zero-order chi connectivity index (χ0) is 31.0. The van der Waals surface area contributed by atoms with Gasteiger partial charge in [0.15, 0.2) is 11.5 Å². The fourth-order valence-electron chi connectivity index (χ4n) is 5.24. The van der Waals surface area contributed by atoms with Crippen molar-refractivity contribution in [2.75, 3.05) is 39.8 Å². The molecule has 0 aromatic heterocycles. The van der Waals surface area contributed by atoms with Crippen LogP contribution in [0.2, 0.25) is 0 Å². The zero-order valence-corrected chi connectivity index (χ0v) is 26.0. The van der Waals surface area contributed by atoms with E-state index in [1.165, 1.54) is 6.92 Å². The summed E-state index contributed by atoms with van der Waals surface area (Å²) in [5.41, 5.74) is 3.07. The van der Waals surface area contributed by atoms with Crippen LogP contribution in [0.1, 0.15) is 64.6 Å². The Kier molecular flexibility index (Phi) is 11.6. The van der Waals surface area contributed by atoms with Gasteiger partial charge in [-0.3, -0.25) is 14.4 Å². The molecule has 10 heteroatoms. The van der Waals surface area contributed by atoms with Gasteiger partial charge in [-0.15, -0.1) is 0 Å². The van der Waals surface area contributed by atoms with E-state index in [2.05, 4.69) is 16.0 Å². The fraction of sp³-hybridized carbons (Fsp3) is 0.531. The van der Waals surface area contributed by atoms with Gasteiger partial charge in [-0.05, 0) is 73.9 Å². The van der Waals surface area contributed by atoms with Crippen molar-refractivity contribution in [2.45, 2.75) is 72.1 Å². The van der Waals surface area contributed by atoms with Crippen LogP contribution in [-0.4, -0.2) is 58.4 Å². The van der Waals surface area contributed by atoms with Gasteiger partial charge in [0, 0.05) is 25.6 Å². The van der Waals surface area contributed by atoms with Gasteiger partial charge in [-0.2, -0.15) is 0 Å². The highest BCUT2D eigenvalue weighted by Gasteiger charge is 2.30. The largest absolute Gasteiger partial charge is 0.493 e. The van der Waals surface area contributed by atoms with Crippen LogP contribution >= 0.6 is 0 Å². The first-order valence-electron chi connectivity index (χ1n) is 14.5. The SMILES string of the molecule is COc1cc2c(c(OC)c1OC)-c1ccc(N[C@H](C(=O)NCCCOC(C)C)C(C)C)c(=O)cc1[C@@H](NC(C)=O)CC2. The van der Waals surface area contributed by atoms with E-state index in [1.54, 1.807) is 33.5 Å². The summed E-state index contributed by atoms with van der Waals surface area (Å²) in [6, 6.07) is 5.93. The number of carbonyl (C=O) groups is 2. The second kappa shape index (κ2) is 14.9. The molecule has 2 aromatic rings. The summed E-state index contributed by atoms with van der Waals surface area (Å²) < 4.78 is 22.6. The molecule has 0 saturated heterocycles. The van der Waals surface area contributed by atoms with Gasteiger partial charge in [0.05, 0.1) is 39.2 Å². The highest BCUT2D eigenvalue weighted by atomic mass is 16.5. The van der Waals surface area contributed by atoms with Crippen molar-refractivity contribution in [1.82, 2.24) is 10.6 Å². The van der Waals surface area contributed by atoms with E-state index in [1.807, 2.05) is 39.8 Å². The number of benzene rings is 1. The van der Waals surface area contributed by atoms with Crippen molar-refractivity contribution in [3.05, 3.63) is 45.6 Å². The molecule has 2 amide bonds. The molecule has 10 nitrogen and oxygen atoms in total. The molecule has 0 radical (unpaired) electrons. The molecular formula is C32H45N3O7. The number of ether oxygens (including phenoxy) is 4. The summed E-state index contributed by atoms with van der Waals surface area (Å²) in [5.74, 6) is 0.954. The minimum atomic E-state index is -0.636. The lowest BCUT2D eigenvalue weighted by atomic mass is 9.95. The van der Waals surface area contributed by atoms with Gasteiger partial charge >= 0.3 is 0 Å². The second-order valence-corrected chi connectivity index (χ2v) is 11.0. The normalized spacial score (nSPS) is 14.8. The lowest BCUT2D eigenvalue weighted by Crippen LogP contribution is -2.44. The number of hydrogen-bond acceptors (Lipinski definition) is 8. The first kappa shape index (κ1) is 32.7. The summed E-state index contributed by atoms with van der Waals surface area (Å²) in [4.78, 5) is 39.0. The van der Waals surface area contributed by atoms with Gasteiger partial charge in [-0.1, -0.05) is 19.9 Å². The molecule has 3 rings (SSSR count). The van der Waals surface area contributed by atoms with Gasteiger partial charge in [0.1, 0.15) is 6.04 Å². The van der Waals surface area contributed by atoms with Gasteiger partial charge in [0.25, 0.3) is 0 Å². The average molecular weight is 584 g/mol. The zero-order valence-electron chi connectivity index (χ0n) is 26.0. The molecule has 2 atom stereocenters. The maximum atomic E-state index is 13.7. The first-order chi connectivity index (χ1) is 20.0. The monoisotopic (exact) mass is 583 g/mol. The van der Waals surface area contributed by atoms with E-state index < -0.39 is 12.1 Å². The highest BCUT2D eigenvalue weighted by molar-refractivity contribution is 5.86. The molecule has 0 fully saturated rings. The summed E-state index contributed by atoms with van der Waals surface area (Å²) in [5, 5.41) is 9.16. The summed E-state index contributed by atoms with van der Waals surface area (Å²) in [6.07, 6.45) is 1.98. The molecule has 1 aliphatic rings. The third-order valence-corrected chi connectivity index (χ3v) is 7.25. The maximum absolute atomic E-state index is 13.7. The first-order valence-corrected chi connectivity index (χ1v) is 14.5. The number of nitrogens with one attached hydrogen (secondary N) is 3. The van der Waals surface area contributed by atoms with E-state index in [0.717, 1.165) is 16.7 Å². The highest BCUT2D eigenvalue weighted by Crippen LogP contribution is 2.50. The Labute approximate surface area is 248 Å². The van der Waals surface area contributed by atoms with Gasteiger partial charge in [-0.25, -0.2) is 0 Å². The van der Waals surface area contributed by atoms with Gasteiger partial charge < -0.3 is 34.9 Å². The van der Waals surface area contributed by atoms with Crippen LogP contribution in [0.3, 0.4) is 0 Å². The Balaban J connectivity index is 2.08. The number of rotatable bonds is 13. The standard InChI is InChI=1S/C32H45N3O7/c1-18(2)29(32(38)33-14-9-15-42-19(3)4)35-25-13-11-22-23(17-26(25)37)24(34-20(5)36)12-10-21-16-27(39-6)30(40-7)31(41-8)28(21)22/h11,13,16-19,24,29H,9-10,12,14-15H2,1-8H3,(H,33,38)(H,34,36)(H,35,37)/t24-,29-/m0/s1. The Bertz CT molecular complexity index is 1330. The van der Waals surface area contributed by atoms with E-state index in [-0.39, 0.29) is 35.0 Å². The Morgan fingerprint density at radius 3 is 2.31 bits per heavy atom. The Hall–Kier alpha value is -3.79. The summed E-state index contributed by atoms with van der Waals surface area (Å²) in [7, 11) is 4.67. The van der Waals surface area contributed by atoms with Crippen molar-refractivity contribution in [1.29, 1.82) is 0 Å². The molecule has 0 heterocycles. The third-order valence-electron chi connectivity index (χ3n) is 7.25. The molecule has 230 valence electrons. The number of carbonyl (C=O) groups excluding carboxylic acids is 2. The molecule has 0 unspecified atom stereocenters. The second-order valence-electron chi connectivity index (χ2n) is 11.0.